The number of aromatic hydroxyl groups is 1. The summed E-state index contributed by atoms with van der Waals surface area (Å²) >= 11 is 0. The fraction of sp³-hybridized carbons (Fsp3) is 0.226. The molecule has 1 unspecified atom stereocenters. The van der Waals surface area contributed by atoms with E-state index in [0.717, 1.165) is 16.7 Å². The molecule has 0 aromatic heterocycles. The fourth-order valence-electron chi connectivity index (χ4n) is 3.55. The first-order chi connectivity index (χ1) is 19.6. The fourth-order valence-corrected chi connectivity index (χ4v) is 3.55. The van der Waals surface area contributed by atoms with Crippen LogP contribution in [0.2, 0.25) is 0 Å². The summed E-state index contributed by atoms with van der Waals surface area (Å²) in [5.41, 5.74) is 2.60. The van der Waals surface area contributed by atoms with Crippen LogP contribution in [0, 0.1) is 0 Å². The van der Waals surface area contributed by atoms with E-state index >= 15 is 0 Å². The third-order valence-corrected chi connectivity index (χ3v) is 5.35. The van der Waals surface area contributed by atoms with Crippen molar-refractivity contribution in [3.63, 3.8) is 0 Å². The molecule has 0 bridgehead atoms. The molecule has 3 aromatic rings. The molecule has 10 nitrogen and oxygen atoms in total. The first kappa shape index (κ1) is 32.1. The van der Waals surface area contributed by atoms with Gasteiger partial charge in [-0.1, -0.05) is 54.6 Å². The van der Waals surface area contributed by atoms with Crippen molar-refractivity contribution < 1.29 is 38.5 Å². The minimum atomic E-state index is -0.737. The monoisotopic (exact) mass is 562 g/mol. The molecule has 216 valence electrons. The molecule has 0 heterocycles. The Morgan fingerprint density at radius 2 is 1.51 bits per heavy atom. The molecule has 0 saturated heterocycles. The Hall–Kier alpha value is -5.12. The highest BCUT2D eigenvalue weighted by atomic mass is 16.5. The first-order valence-corrected chi connectivity index (χ1v) is 12.6. The van der Waals surface area contributed by atoms with E-state index in [1.807, 2.05) is 42.5 Å². The number of esters is 2. The smallest absolute Gasteiger partial charge is 0.354 e. The van der Waals surface area contributed by atoms with E-state index in [-0.39, 0.29) is 29.7 Å². The Morgan fingerprint density at radius 1 is 0.829 bits per heavy atom. The molecule has 3 N–H and O–H groups in total. The molecular weight excluding hydrogens is 528 g/mol. The number of phenols is 1. The summed E-state index contributed by atoms with van der Waals surface area (Å²) in [6.07, 6.45) is 1.82. The SMILES string of the molecule is COC(=O)/C(=C/c1cccc(OCc2ccccc2)c1)NC(C)=O.COC(=O)C(Cc1cccc(O)c1)NC(C)=O. The molecule has 0 aliphatic carbocycles. The lowest BCUT2D eigenvalue weighted by atomic mass is 10.1. The summed E-state index contributed by atoms with van der Waals surface area (Å²) in [4.78, 5) is 45.3. The number of phenolic OH excluding ortho intramolecular Hbond substituents is 1. The van der Waals surface area contributed by atoms with Crippen LogP contribution in [-0.2, 0) is 41.7 Å². The number of nitrogens with one attached hydrogen (secondary N) is 2. The van der Waals surface area contributed by atoms with E-state index in [4.69, 9.17) is 4.74 Å². The predicted molar refractivity (Wildman–Crippen MR) is 152 cm³/mol. The number of hydrogen-bond donors (Lipinski definition) is 3. The zero-order chi connectivity index (χ0) is 30.2. The average Bonchev–Trinajstić information content (AvgIpc) is 2.95. The van der Waals surface area contributed by atoms with Gasteiger partial charge in [0.1, 0.15) is 29.8 Å². The number of methoxy groups -OCH3 is 2. The Labute approximate surface area is 238 Å². The zero-order valence-corrected chi connectivity index (χ0v) is 23.4. The van der Waals surface area contributed by atoms with Gasteiger partial charge in [-0.2, -0.15) is 0 Å². The maximum absolute atomic E-state index is 11.7. The number of ether oxygens (including phenoxy) is 3. The third kappa shape index (κ3) is 12.1. The Kier molecular flexibility index (Phi) is 13.1. The van der Waals surface area contributed by atoms with Gasteiger partial charge >= 0.3 is 11.9 Å². The highest BCUT2D eigenvalue weighted by molar-refractivity contribution is 5.97. The lowest BCUT2D eigenvalue weighted by molar-refractivity contribution is -0.144. The average molecular weight is 563 g/mol. The quantitative estimate of drug-likeness (QED) is 0.252. The first-order valence-electron chi connectivity index (χ1n) is 12.6. The second-order valence-corrected chi connectivity index (χ2v) is 8.73. The summed E-state index contributed by atoms with van der Waals surface area (Å²) in [7, 11) is 2.52. The van der Waals surface area contributed by atoms with Crippen LogP contribution in [0.5, 0.6) is 11.5 Å². The molecule has 0 aliphatic heterocycles. The molecule has 41 heavy (non-hydrogen) atoms. The highest BCUT2D eigenvalue weighted by Gasteiger charge is 2.20. The Balaban J connectivity index is 0.000000305. The van der Waals surface area contributed by atoms with Gasteiger partial charge in [0.15, 0.2) is 0 Å². The van der Waals surface area contributed by atoms with Crippen molar-refractivity contribution in [3.05, 3.63) is 101 Å². The van der Waals surface area contributed by atoms with E-state index in [9.17, 15) is 24.3 Å². The largest absolute Gasteiger partial charge is 0.508 e. The second-order valence-electron chi connectivity index (χ2n) is 8.73. The Morgan fingerprint density at radius 3 is 2.12 bits per heavy atom. The highest BCUT2D eigenvalue weighted by Crippen LogP contribution is 2.17. The van der Waals surface area contributed by atoms with Crippen LogP contribution in [0.4, 0.5) is 0 Å². The van der Waals surface area contributed by atoms with Gasteiger partial charge in [-0.05, 0) is 47.0 Å². The van der Waals surface area contributed by atoms with Crippen molar-refractivity contribution in [2.24, 2.45) is 0 Å². The summed E-state index contributed by atoms with van der Waals surface area (Å²) in [5, 5.41) is 14.3. The maximum atomic E-state index is 11.7. The molecule has 0 fully saturated rings. The molecule has 0 aliphatic rings. The Bertz CT molecular complexity index is 1350. The van der Waals surface area contributed by atoms with Crippen molar-refractivity contribution in [1.29, 1.82) is 0 Å². The minimum Gasteiger partial charge on any atom is -0.508 e. The van der Waals surface area contributed by atoms with Crippen molar-refractivity contribution in [2.75, 3.05) is 14.2 Å². The van der Waals surface area contributed by atoms with Gasteiger partial charge in [0.2, 0.25) is 11.8 Å². The topological polar surface area (TPSA) is 140 Å². The summed E-state index contributed by atoms with van der Waals surface area (Å²) in [6, 6.07) is 22.8. The molecular formula is C31H34N2O8. The summed E-state index contributed by atoms with van der Waals surface area (Å²) in [5.74, 6) is -0.985. The molecule has 0 saturated carbocycles. The van der Waals surface area contributed by atoms with Gasteiger partial charge in [0.05, 0.1) is 14.2 Å². The van der Waals surface area contributed by atoms with E-state index in [1.165, 1.54) is 40.2 Å². The van der Waals surface area contributed by atoms with Crippen molar-refractivity contribution >= 4 is 29.8 Å². The van der Waals surface area contributed by atoms with Crippen LogP contribution in [0.25, 0.3) is 6.08 Å². The van der Waals surface area contributed by atoms with E-state index in [2.05, 4.69) is 20.1 Å². The van der Waals surface area contributed by atoms with Crippen LogP contribution in [-0.4, -0.2) is 49.1 Å². The van der Waals surface area contributed by atoms with Crippen molar-refractivity contribution in [1.82, 2.24) is 10.6 Å². The van der Waals surface area contributed by atoms with Crippen LogP contribution in [0.1, 0.15) is 30.5 Å². The van der Waals surface area contributed by atoms with Gasteiger partial charge < -0.3 is 30.0 Å². The van der Waals surface area contributed by atoms with Crippen LogP contribution < -0.4 is 15.4 Å². The molecule has 0 spiro atoms. The lowest BCUT2D eigenvalue weighted by Crippen LogP contribution is -2.41. The maximum Gasteiger partial charge on any atom is 0.354 e. The molecule has 1 atom stereocenters. The van der Waals surface area contributed by atoms with Gasteiger partial charge in [-0.3, -0.25) is 9.59 Å². The van der Waals surface area contributed by atoms with E-state index in [0.29, 0.717) is 12.4 Å². The third-order valence-electron chi connectivity index (χ3n) is 5.35. The minimum absolute atomic E-state index is 0.0743. The van der Waals surface area contributed by atoms with Crippen molar-refractivity contribution in [2.45, 2.75) is 32.9 Å². The number of rotatable bonds is 10. The predicted octanol–water partition coefficient (Wildman–Crippen LogP) is 3.53. The van der Waals surface area contributed by atoms with Crippen molar-refractivity contribution in [3.8, 4) is 11.5 Å². The number of hydrogen-bond acceptors (Lipinski definition) is 8. The molecule has 0 radical (unpaired) electrons. The molecule has 10 heteroatoms. The van der Waals surface area contributed by atoms with E-state index in [1.54, 1.807) is 30.3 Å². The summed E-state index contributed by atoms with van der Waals surface area (Å²) < 4.78 is 15.0. The number of benzene rings is 3. The van der Waals surface area contributed by atoms with Crippen LogP contribution >= 0.6 is 0 Å². The lowest BCUT2D eigenvalue weighted by Gasteiger charge is -2.15. The van der Waals surface area contributed by atoms with Gasteiger partial charge in [0.25, 0.3) is 0 Å². The number of carbonyl (C=O) groups is 4. The normalized spacial score (nSPS) is 11.2. The van der Waals surface area contributed by atoms with Gasteiger partial charge in [-0.25, -0.2) is 9.59 Å². The summed E-state index contributed by atoms with van der Waals surface area (Å²) in [6.45, 7) is 3.11. The zero-order valence-electron chi connectivity index (χ0n) is 23.4. The second kappa shape index (κ2) is 16.8. The number of amides is 2. The molecule has 3 aromatic carbocycles. The van der Waals surface area contributed by atoms with Gasteiger partial charge in [0, 0.05) is 20.3 Å². The molecule has 2 amide bonds. The van der Waals surface area contributed by atoms with E-state index < -0.39 is 18.0 Å². The van der Waals surface area contributed by atoms with Gasteiger partial charge in [-0.15, -0.1) is 0 Å². The number of carbonyl (C=O) groups excluding carboxylic acids is 4. The standard InChI is InChI=1S/C19H19NO4.C12H15NO4/c1-14(21)20-18(19(22)23-2)12-16-9-6-10-17(11-16)24-13-15-7-4-3-5-8-15;1-8(14)13-11(12(16)17-2)7-9-4-3-5-10(15)6-9/h3-12H,13H2,1-2H3,(H,20,21);3-6,11,15H,7H2,1-2H3,(H,13,14)/b18-12-;. The van der Waals surface area contributed by atoms with Crippen LogP contribution in [0.3, 0.4) is 0 Å². The molecule has 3 rings (SSSR count). The van der Waals surface area contributed by atoms with Crippen LogP contribution in [0.15, 0.2) is 84.6 Å².